The maximum atomic E-state index is 13.7. The van der Waals surface area contributed by atoms with Gasteiger partial charge in [-0.15, -0.1) is 0 Å². The van der Waals surface area contributed by atoms with Gasteiger partial charge in [0.05, 0.1) is 0 Å². The van der Waals surface area contributed by atoms with Gasteiger partial charge in [0.25, 0.3) is 0 Å². The SMILES string of the molecule is O=C(Cc1cc(Br)ccc1F)c1ccc2c(c1)CNC2. The fourth-order valence-corrected chi connectivity index (χ4v) is 2.83. The molecule has 0 aromatic heterocycles. The second-order valence-electron chi connectivity index (χ2n) is 4.92. The van der Waals surface area contributed by atoms with Crippen LogP contribution in [0.1, 0.15) is 27.0 Å². The number of hydrogen-bond donors (Lipinski definition) is 1. The Kier molecular flexibility index (Phi) is 3.68. The minimum atomic E-state index is -0.343. The van der Waals surface area contributed by atoms with Crippen LogP contribution in [0.15, 0.2) is 40.9 Å². The van der Waals surface area contributed by atoms with Crippen LogP contribution in [0, 0.1) is 5.82 Å². The molecule has 4 heteroatoms. The third-order valence-electron chi connectivity index (χ3n) is 3.52. The molecule has 2 aromatic carbocycles. The van der Waals surface area contributed by atoms with Gasteiger partial charge in [0.1, 0.15) is 5.82 Å². The number of carbonyl (C=O) groups excluding carboxylic acids is 1. The van der Waals surface area contributed by atoms with Crippen molar-refractivity contribution < 1.29 is 9.18 Å². The quantitative estimate of drug-likeness (QED) is 0.869. The summed E-state index contributed by atoms with van der Waals surface area (Å²) in [5, 5.41) is 3.24. The number of halogens is 2. The summed E-state index contributed by atoms with van der Waals surface area (Å²) in [6, 6.07) is 10.4. The molecular weight excluding hydrogens is 321 g/mol. The Morgan fingerprint density at radius 3 is 2.80 bits per heavy atom. The van der Waals surface area contributed by atoms with E-state index in [-0.39, 0.29) is 18.0 Å². The summed E-state index contributed by atoms with van der Waals surface area (Å²) in [6.45, 7) is 1.64. The lowest BCUT2D eigenvalue weighted by Crippen LogP contribution is -2.06. The molecule has 102 valence electrons. The van der Waals surface area contributed by atoms with Crippen LogP contribution in [0.4, 0.5) is 4.39 Å². The van der Waals surface area contributed by atoms with Crippen molar-refractivity contribution >= 4 is 21.7 Å². The Labute approximate surface area is 125 Å². The molecule has 3 rings (SSSR count). The maximum Gasteiger partial charge on any atom is 0.167 e. The molecule has 0 saturated heterocycles. The van der Waals surface area contributed by atoms with Crippen LogP contribution in [0.2, 0.25) is 0 Å². The molecule has 0 fully saturated rings. The Balaban J connectivity index is 1.84. The van der Waals surface area contributed by atoms with Crippen LogP contribution in [-0.2, 0) is 19.5 Å². The smallest absolute Gasteiger partial charge is 0.167 e. The first-order valence-electron chi connectivity index (χ1n) is 6.43. The van der Waals surface area contributed by atoms with Gasteiger partial charge in [-0.25, -0.2) is 4.39 Å². The van der Waals surface area contributed by atoms with Crippen LogP contribution in [0.25, 0.3) is 0 Å². The standard InChI is InChI=1S/C16H13BrFNO/c17-14-3-4-15(18)12(6-14)7-16(20)10-1-2-11-8-19-9-13(11)5-10/h1-6,19H,7-9H2. The van der Waals surface area contributed by atoms with Gasteiger partial charge >= 0.3 is 0 Å². The molecule has 20 heavy (non-hydrogen) atoms. The first-order chi connectivity index (χ1) is 9.63. The summed E-state index contributed by atoms with van der Waals surface area (Å²) in [7, 11) is 0. The number of ketones is 1. The second-order valence-corrected chi connectivity index (χ2v) is 5.84. The topological polar surface area (TPSA) is 29.1 Å². The highest BCUT2D eigenvalue weighted by Crippen LogP contribution is 2.20. The number of rotatable bonds is 3. The zero-order valence-corrected chi connectivity index (χ0v) is 12.3. The van der Waals surface area contributed by atoms with Gasteiger partial charge in [0, 0.05) is 29.5 Å². The minimum absolute atomic E-state index is 0.0586. The molecule has 1 aliphatic rings. The van der Waals surface area contributed by atoms with E-state index in [1.807, 2.05) is 18.2 Å². The average Bonchev–Trinajstić information content (AvgIpc) is 2.90. The maximum absolute atomic E-state index is 13.7. The summed E-state index contributed by atoms with van der Waals surface area (Å²) >= 11 is 3.30. The molecule has 0 atom stereocenters. The number of Topliss-reactive ketones (excluding diaryl/α,β-unsaturated/α-hetero) is 1. The summed E-state index contributed by atoms with van der Waals surface area (Å²) in [4.78, 5) is 12.3. The lowest BCUT2D eigenvalue weighted by atomic mass is 9.99. The zero-order chi connectivity index (χ0) is 14.1. The summed E-state index contributed by atoms with van der Waals surface area (Å²) < 4.78 is 14.5. The van der Waals surface area contributed by atoms with Crippen molar-refractivity contribution in [2.24, 2.45) is 0 Å². The fraction of sp³-hybridized carbons (Fsp3) is 0.188. The van der Waals surface area contributed by atoms with Gasteiger partial charge in [0.15, 0.2) is 5.78 Å². The van der Waals surface area contributed by atoms with E-state index in [1.165, 1.54) is 11.6 Å². The van der Waals surface area contributed by atoms with Crippen molar-refractivity contribution in [3.8, 4) is 0 Å². The zero-order valence-electron chi connectivity index (χ0n) is 10.7. The molecule has 1 N–H and O–H groups in total. The third-order valence-corrected chi connectivity index (χ3v) is 4.01. The van der Waals surface area contributed by atoms with Crippen LogP contribution in [0.5, 0.6) is 0 Å². The fourth-order valence-electron chi connectivity index (χ4n) is 2.42. The Morgan fingerprint density at radius 1 is 1.15 bits per heavy atom. The molecule has 1 aliphatic heterocycles. The molecule has 1 heterocycles. The normalized spacial score (nSPS) is 13.3. The third kappa shape index (κ3) is 2.67. The van der Waals surface area contributed by atoms with Crippen LogP contribution in [-0.4, -0.2) is 5.78 Å². The van der Waals surface area contributed by atoms with Crippen LogP contribution < -0.4 is 5.32 Å². The van der Waals surface area contributed by atoms with Crippen molar-refractivity contribution in [3.63, 3.8) is 0 Å². The van der Waals surface area contributed by atoms with E-state index < -0.39 is 0 Å². The first kappa shape index (κ1) is 13.5. The monoisotopic (exact) mass is 333 g/mol. The molecule has 2 nitrogen and oxygen atoms in total. The van der Waals surface area contributed by atoms with Gasteiger partial charge in [-0.05, 0) is 41.0 Å². The van der Waals surface area contributed by atoms with Crippen molar-refractivity contribution in [2.45, 2.75) is 19.5 Å². The molecule has 0 spiro atoms. The number of nitrogens with one attached hydrogen (secondary N) is 1. The molecule has 2 aromatic rings. The van der Waals surface area contributed by atoms with Crippen LogP contribution in [0.3, 0.4) is 0 Å². The number of carbonyl (C=O) groups is 1. The number of fused-ring (bicyclic) bond motifs is 1. The molecule has 0 aliphatic carbocycles. The molecule has 0 unspecified atom stereocenters. The molecule has 0 amide bonds. The number of hydrogen-bond acceptors (Lipinski definition) is 2. The van der Waals surface area contributed by atoms with Crippen molar-refractivity contribution in [1.82, 2.24) is 5.32 Å². The molecule has 0 bridgehead atoms. The lowest BCUT2D eigenvalue weighted by Gasteiger charge is -2.06. The molecular formula is C16H13BrFNO. The molecule has 0 radical (unpaired) electrons. The van der Waals surface area contributed by atoms with Gasteiger partial charge in [-0.2, -0.15) is 0 Å². The predicted octanol–water partition coefficient (Wildman–Crippen LogP) is 3.62. The van der Waals surface area contributed by atoms with E-state index >= 15 is 0 Å². The van der Waals surface area contributed by atoms with Crippen molar-refractivity contribution in [3.05, 3.63) is 68.9 Å². The lowest BCUT2D eigenvalue weighted by molar-refractivity contribution is 0.0991. The van der Waals surface area contributed by atoms with E-state index in [2.05, 4.69) is 21.2 Å². The van der Waals surface area contributed by atoms with E-state index in [4.69, 9.17) is 0 Å². The van der Waals surface area contributed by atoms with Gasteiger partial charge in [-0.3, -0.25) is 4.79 Å². The van der Waals surface area contributed by atoms with Crippen molar-refractivity contribution in [2.75, 3.05) is 0 Å². The van der Waals surface area contributed by atoms with Gasteiger partial charge in [-0.1, -0.05) is 28.1 Å². The highest BCUT2D eigenvalue weighted by Gasteiger charge is 2.15. The summed E-state index contributed by atoms with van der Waals surface area (Å²) in [5.41, 5.74) is 3.45. The summed E-state index contributed by atoms with van der Waals surface area (Å²) in [6.07, 6.45) is 0.0808. The van der Waals surface area contributed by atoms with Gasteiger partial charge in [0.2, 0.25) is 0 Å². The highest BCUT2D eigenvalue weighted by molar-refractivity contribution is 9.10. The highest BCUT2D eigenvalue weighted by atomic mass is 79.9. The Morgan fingerprint density at radius 2 is 1.95 bits per heavy atom. The van der Waals surface area contributed by atoms with Crippen LogP contribution >= 0.6 is 15.9 Å². The average molecular weight is 334 g/mol. The molecule has 0 saturated carbocycles. The van der Waals surface area contributed by atoms with E-state index in [0.717, 1.165) is 23.1 Å². The predicted molar refractivity (Wildman–Crippen MR) is 79.1 cm³/mol. The van der Waals surface area contributed by atoms with Gasteiger partial charge < -0.3 is 5.32 Å². The van der Waals surface area contributed by atoms with E-state index in [1.54, 1.807) is 12.1 Å². The second kappa shape index (κ2) is 5.46. The first-order valence-corrected chi connectivity index (χ1v) is 7.22. The van der Waals surface area contributed by atoms with E-state index in [0.29, 0.717) is 11.1 Å². The number of benzene rings is 2. The Bertz CT molecular complexity index is 684. The minimum Gasteiger partial charge on any atom is -0.309 e. The largest absolute Gasteiger partial charge is 0.309 e. The van der Waals surface area contributed by atoms with Crippen molar-refractivity contribution in [1.29, 1.82) is 0 Å². The van der Waals surface area contributed by atoms with E-state index in [9.17, 15) is 9.18 Å². The Hall–Kier alpha value is -1.52. The summed E-state index contributed by atoms with van der Waals surface area (Å²) in [5.74, 6) is -0.402.